The molecule has 1 fully saturated rings. The fourth-order valence-electron chi connectivity index (χ4n) is 2.13. The number of rotatable bonds is 5. The Morgan fingerprint density at radius 3 is 2.68 bits per heavy atom. The van der Waals surface area contributed by atoms with Crippen molar-refractivity contribution in [1.29, 1.82) is 0 Å². The van der Waals surface area contributed by atoms with E-state index in [0.29, 0.717) is 16.3 Å². The van der Waals surface area contributed by atoms with Crippen LogP contribution in [-0.2, 0) is 13.1 Å². The number of halogens is 2. The van der Waals surface area contributed by atoms with E-state index in [1.165, 1.54) is 12.8 Å². The third-order valence-electron chi connectivity index (χ3n) is 3.27. The maximum atomic E-state index is 6.13. The average Bonchev–Trinajstić information content (AvgIpc) is 3.10. The Morgan fingerprint density at radius 2 is 2.05 bits per heavy atom. The summed E-state index contributed by atoms with van der Waals surface area (Å²) < 4.78 is 5.42. The van der Waals surface area contributed by atoms with Crippen LogP contribution in [0, 0.1) is 0 Å². The van der Waals surface area contributed by atoms with Crippen LogP contribution >= 0.6 is 23.2 Å². The zero-order valence-electron chi connectivity index (χ0n) is 10.4. The fourth-order valence-corrected chi connectivity index (χ4v) is 2.54. The fraction of sp³-hybridized carbons (Fsp3) is 0.357. The summed E-state index contributed by atoms with van der Waals surface area (Å²) in [6.07, 6.45) is 4.18. The van der Waals surface area contributed by atoms with Crippen LogP contribution in [0.2, 0.25) is 10.3 Å². The summed E-state index contributed by atoms with van der Waals surface area (Å²) in [6, 6.07) is 8.25. The highest BCUT2D eigenvalue weighted by molar-refractivity contribution is 6.32. The minimum Gasteiger partial charge on any atom is -0.468 e. The number of nitrogens with zero attached hydrogens (tertiary/aromatic N) is 2. The molecule has 0 atom stereocenters. The standard InChI is InChI=1S/C14H14Cl2N2O/c15-13-6-3-10(14(16)17-13)8-18(11-4-5-11)9-12-2-1-7-19-12/h1-3,6-7,11H,4-5,8-9H2. The quantitative estimate of drug-likeness (QED) is 0.776. The minimum absolute atomic E-state index is 0.428. The smallest absolute Gasteiger partial charge is 0.135 e. The molecule has 2 aromatic rings. The summed E-state index contributed by atoms with van der Waals surface area (Å²) in [6.45, 7) is 1.57. The number of pyridine rings is 1. The van der Waals surface area contributed by atoms with Crippen LogP contribution in [0.4, 0.5) is 0 Å². The van der Waals surface area contributed by atoms with E-state index in [2.05, 4.69) is 9.88 Å². The van der Waals surface area contributed by atoms with Crippen LogP contribution in [0.25, 0.3) is 0 Å². The lowest BCUT2D eigenvalue weighted by molar-refractivity contribution is 0.225. The molecular formula is C14H14Cl2N2O. The molecule has 19 heavy (non-hydrogen) atoms. The second kappa shape index (κ2) is 5.53. The number of hydrogen-bond donors (Lipinski definition) is 0. The van der Waals surface area contributed by atoms with E-state index < -0.39 is 0 Å². The summed E-state index contributed by atoms with van der Waals surface area (Å²) in [7, 11) is 0. The third kappa shape index (κ3) is 3.30. The van der Waals surface area contributed by atoms with Gasteiger partial charge in [-0.2, -0.15) is 0 Å². The van der Waals surface area contributed by atoms with Crippen molar-refractivity contribution >= 4 is 23.2 Å². The molecule has 0 amide bonds. The Kier molecular flexibility index (Phi) is 3.78. The van der Waals surface area contributed by atoms with E-state index in [9.17, 15) is 0 Å². The molecule has 1 aliphatic rings. The molecule has 0 spiro atoms. The number of aromatic nitrogens is 1. The molecular weight excluding hydrogens is 283 g/mol. The molecule has 3 rings (SSSR count). The van der Waals surface area contributed by atoms with Gasteiger partial charge in [-0.1, -0.05) is 29.3 Å². The molecule has 2 aromatic heterocycles. The molecule has 100 valence electrons. The van der Waals surface area contributed by atoms with Crippen LogP contribution in [0.5, 0.6) is 0 Å². The van der Waals surface area contributed by atoms with Gasteiger partial charge in [0.2, 0.25) is 0 Å². The maximum absolute atomic E-state index is 6.13. The van der Waals surface area contributed by atoms with E-state index in [1.54, 1.807) is 12.3 Å². The number of hydrogen-bond acceptors (Lipinski definition) is 3. The van der Waals surface area contributed by atoms with Crippen LogP contribution in [0.15, 0.2) is 34.9 Å². The van der Waals surface area contributed by atoms with Gasteiger partial charge in [0.15, 0.2) is 0 Å². The minimum atomic E-state index is 0.428. The largest absolute Gasteiger partial charge is 0.468 e. The predicted molar refractivity (Wildman–Crippen MR) is 75.2 cm³/mol. The van der Waals surface area contributed by atoms with Gasteiger partial charge in [0.1, 0.15) is 16.1 Å². The van der Waals surface area contributed by atoms with Crippen LogP contribution in [0.1, 0.15) is 24.2 Å². The predicted octanol–water partition coefficient (Wildman–Crippen LogP) is 4.15. The highest BCUT2D eigenvalue weighted by Crippen LogP contribution is 2.31. The van der Waals surface area contributed by atoms with Crippen molar-refractivity contribution in [1.82, 2.24) is 9.88 Å². The molecule has 5 heteroatoms. The first-order valence-electron chi connectivity index (χ1n) is 6.30. The van der Waals surface area contributed by atoms with Crippen LogP contribution in [-0.4, -0.2) is 15.9 Å². The van der Waals surface area contributed by atoms with E-state index in [1.807, 2.05) is 18.2 Å². The summed E-state index contributed by atoms with van der Waals surface area (Å²) >= 11 is 12.0. The van der Waals surface area contributed by atoms with E-state index in [4.69, 9.17) is 27.6 Å². The van der Waals surface area contributed by atoms with E-state index in [-0.39, 0.29) is 0 Å². The van der Waals surface area contributed by atoms with Crippen molar-refractivity contribution in [2.24, 2.45) is 0 Å². The van der Waals surface area contributed by atoms with Gasteiger partial charge in [-0.25, -0.2) is 4.98 Å². The van der Waals surface area contributed by atoms with Crippen molar-refractivity contribution in [3.8, 4) is 0 Å². The Morgan fingerprint density at radius 1 is 1.21 bits per heavy atom. The summed E-state index contributed by atoms with van der Waals surface area (Å²) in [5.74, 6) is 0.977. The van der Waals surface area contributed by atoms with E-state index in [0.717, 1.165) is 24.4 Å². The Labute approximate surface area is 122 Å². The second-order valence-corrected chi connectivity index (χ2v) is 5.54. The Hall–Kier alpha value is -1.03. The highest BCUT2D eigenvalue weighted by Gasteiger charge is 2.30. The Bertz CT molecular complexity index is 553. The van der Waals surface area contributed by atoms with Crippen molar-refractivity contribution in [2.75, 3.05) is 0 Å². The summed E-state index contributed by atoms with van der Waals surface area (Å²) in [5, 5.41) is 0.912. The van der Waals surface area contributed by atoms with Gasteiger partial charge in [0.25, 0.3) is 0 Å². The topological polar surface area (TPSA) is 29.3 Å². The lowest BCUT2D eigenvalue weighted by atomic mass is 10.2. The highest BCUT2D eigenvalue weighted by atomic mass is 35.5. The summed E-state index contributed by atoms with van der Waals surface area (Å²) in [4.78, 5) is 6.45. The lowest BCUT2D eigenvalue weighted by Crippen LogP contribution is -2.25. The van der Waals surface area contributed by atoms with Gasteiger partial charge >= 0.3 is 0 Å². The third-order valence-corrected chi connectivity index (χ3v) is 3.81. The first-order chi connectivity index (χ1) is 9.22. The normalized spacial score (nSPS) is 15.1. The van der Waals surface area contributed by atoms with Crippen molar-refractivity contribution in [2.45, 2.75) is 32.0 Å². The molecule has 0 aliphatic heterocycles. The lowest BCUT2D eigenvalue weighted by Gasteiger charge is -2.21. The molecule has 0 bridgehead atoms. The average molecular weight is 297 g/mol. The second-order valence-electron chi connectivity index (χ2n) is 4.80. The summed E-state index contributed by atoms with van der Waals surface area (Å²) in [5.41, 5.74) is 1.00. The van der Waals surface area contributed by atoms with Gasteiger partial charge in [0, 0.05) is 18.2 Å². The first-order valence-corrected chi connectivity index (χ1v) is 7.05. The number of furan rings is 1. The molecule has 0 aromatic carbocycles. The SMILES string of the molecule is Clc1ccc(CN(Cc2ccco2)C2CC2)c(Cl)n1. The molecule has 0 N–H and O–H groups in total. The molecule has 0 radical (unpaired) electrons. The van der Waals surface area contributed by atoms with Gasteiger partial charge in [-0.05, 0) is 31.0 Å². The molecule has 1 saturated carbocycles. The first kappa shape index (κ1) is 13.0. The maximum Gasteiger partial charge on any atom is 0.135 e. The molecule has 2 heterocycles. The van der Waals surface area contributed by atoms with Crippen LogP contribution in [0.3, 0.4) is 0 Å². The zero-order valence-corrected chi connectivity index (χ0v) is 11.9. The van der Waals surface area contributed by atoms with Crippen molar-refractivity contribution in [3.63, 3.8) is 0 Å². The monoisotopic (exact) mass is 296 g/mol. The van der Waals surface area contributed by atoms with Crippen molar-refractivity contribution < 1.29 is 4.42 Å². The van der Waals surface area contributed by atoms with Gasteiger partial charge in [0.05, 0.1) is 12.8 Å². The zero-order chi connectivity index (χ0) is 13.2. The molecule has 3 nitrogen and oxygen atoms in total. The van der Waals surface area contributed by atoms with Gasteiger partial charge in [-0.15, -0.1) is 0 Å². The molecule has 0 saturated heterocycles. The molecule has 0 unspecified atom stereocenters. The van der Waals surface area contributed by atoms with Crippen molar-refractivity contribution in [3.05, 3.63) is 52.2 Å². The van der Waals surface area contributed by atoms with Crippen LogP contribution < -0.4 is 0 Å². The van der Waals surface area contributed by atoms with Gasteiger partial charge in [-0.3, -0.25) is 4.90 Å². The molecule has 1 aliphatic carbocycles. The Balaban J connectivity index is 1.74. The van der Waals surface area contributed by atoms with Gasteiger partial charge < -0.3 is 4.42 Å². The van der Waals surface area contributed by atoms with E-state index >= 15 is 0 Å².